The largest absolute Gasteiger partial charge is 0.471 e. The maximum atomic E-state index is 14.3. The summed E-state index contributed by atoms with van der Waals surface area (Å²) in [6.45, 7) is 3.09. The van der Waals surface area contributed by atoms with Gasteiger partial charge in [-0.1, -0.05) is 0 Å². The summed E-state index contributed by atoms with van der Waals surface area (Å²) < 4.78 is 65.5. The number of hydrogen-bond donors (Lipinski definition) is 1. The Kier molecular flexibility index (Phi) is 5.92. The molecule has 1 heterocycles. The van der Waals surface area contributed by atoms with Crippen molar-refractivity contribution in [1.29, 1.82) is 0 Å². The van der Waals surface area contributed by atoms with Gasteiger partial charge in [-0.3, -0.25) is 14.4 Å². The van der Waals surface area contributed by atoms with Gasteiger partial charge in [0.05, 0.1) is 12.1 Å². The SMILES string of the molecule is CC(=O)O[C@H]1O[C@H](C)[C@H](NC(=O)C(F)(F)F)[C@H](OC(C)=O)[C@H]1F. The molecular formula is C12H15F4NO6. The van der Waals surface area contributed by atoms with E-state index in [0.29, 0.717) is 0 Å². The lowest BCUT2D eigenvalue weighted by Gasteiger charge is -2.41. The van der Waals surface area contributed by atoms with E-state index in [4.69, 9.17) is 4.74 Å². The van der Waals surface area contributed by atoms with E-state index in [2.05, 4.69) is 9.47 Å². The molecule has 1 aliphatic heterocycles. The molecule has 0 unspecified atom stereocenters. The second-order valence-electron chi connectivity index (χ2n) is 4.83. The van der Waals surface area contributed by atoms with E-state index in [9.17, 15) is 31.9 Å². The van der Waals surface area contributed by atoms with Crippen LogP contribution in [0.5, 0.6) is 0 Å². The van der Waals surface area contributed by atoms with E-state index < -0.39 is 54.7 Å². The molecule has 0 bridgehead atoms. The van der Waals surface area contributed by atoms with Crippen molar-refractivity contribution in [2.75, 3.05) is 0 Å². The highest BCUT2D eigenvalue weighted by Crippen LogP contribution is 2.28. The molecule has 1 aliphatic rings. The summed E-state index contributed by atoms with van der Waals surface area (Å²) in [5.41, 5.74) is 0. The molecule has 1 rings (SSSR count). The van der Waals surface area contributed by atoms with Gasteiger partial charge in [0.1, 0.15) is 0 Å². The van der Waals surface area contributed by atoms with Crippen LogP contribution in [-0.4, -0.2) is 54.7 Å². The van der Waals surface area contributed by atoms with E-state index in [1.165, 1.54) is 12.2 Å². The van der Waals surface area contributed by atoms with Gasteiger partial charge >= 0.3 is 24.0 Å². The van der Waals surface area contributed by atoms with Crippen LogP contribution in [0, 0.1) is 0 Å². The first-order chi connectivity index (χ1) is 10.4. The monoisotopic (exact) mass is 345 g/mol. The molecule has 5 atom stereocenters. The van der Waals surface area contributed by atoms with Crippen LogP contribution in [0.4, 0.5) is 17.6 Å². The number of amides is 1. The van der Waals surface area contributed by atoms with Crippen molar-refractivity contribution in [2.45, 2.75) is 57.7 Å². The standard InChI is InChI=1S/C12H15F4NO6/c1-4-8(17-11(20)12(14,15)16)9(22-5(2)18)7(13)10(21-4)23-6(3)19/h4,7-10H,1-3H3,(H,17,20)/t4-,7-,8+,9-,10-/m1/s1. The van der Waals surface area contributed by atoms with Gasteiger partial charge < -0.3 is 19.5 Å². The Morgan fingerprint density at radius 2 is 1.61 bits per heavy atom. The molecule has 11 heteroatoms. The van der Waals surface area contributed by atoms with Crippen molar-refractivity contribution in [1.82, 2.24) is 5.32 Å². The zero-order valence-electron chi connectivity index (χ0n) is 12.3. The average Bonchev–Trinajstić information content (AvgIpc) is 2.37. The molecule has 1 N–H and O–H groups in total. The lowest BCUT2D eigenvalue weighted by atomic mass is 9.97. The summed E-state index contributed by atoms with van der Waals surface area (Å²) in [5.74, 6) is -4.22. The predicted octanol–water partition coefficient (Wildman–Crippen LogP) is 0.611. The van der Waals surface area contributed by atoms with Gasteiger partial charge in [-0.2, -0.15) is 13.2 Å². The van der Waals surface area contributed by atoms with Gasteiger partial charge in [0.2, 0.25) is 12.5 Å². The molecule has 1 amide bonds. The van der Waals surface area contributed by atoms with Gasteiger partial charge in [0.15, 0.2) is 6.10 Å². The zero-order chi connectivity index (χ0) is 17.9. The number of ether oxygens (including phenoxy) is 3. The third kappa shape index (κ3) is 5.05. The first kappa shape index (κ1) is 19.1. The van der Waals surface area contributed by atoms with E-state index in [-0.39, 0.29) is 0 Å². The maximum absolute atomic E-state index is 14.3. The van der Waals surface area contributed by atoms with Gasteiger partial charge in [-0.15, -0.1) is 0 Å². The minimum absolute atomic E-state index is 0.899. The molecule has 23 heavy (non-hydrogen) atoms. The number of carbonyl (C=O) groups is 3. The van der Waals surface area contributed by atoms with Crippen LogP contribution in [0.3, 0.4) is 0 Å². The molecule has 0 aliphatic carbocycles. The minimum Gasteiger partial charge on any atom is -0.457 e. The second-order valence-corrected chi connectivity index (χ2v) is 4.83. The number of esters is 2. The van der Waals surface area contributed by atoms with Crippen molar-refractivity contribution >= 4 is 17.8 Å². The first-order valence-electron chi connectivity index (χ1n) is 6.45. The molecule has 1 saturated heterocycles. The topological polar surface area (TPSA) is 90.9 Å². The fourth-order valence-corrected chi connectivity index (χ4v) is 2.01. The Balaban J connectivity index is 3.00. The Hall–Kier alpha value is -1.91. The van der Waals surface area contributed by atoms with Crippen LogP contribution in [0.15, 0.2) is 0 Å². The quantitative estimate of drug-likeness (QED) is 0.595. The highest BCUT2D eigenvalue weighted by molar-refractivity contribution is 5.82. The molecule has 0 aromatic heterocycles. The summed E-state index contributed by atoms with van der Waals surface area (Å²) in [6.07, 6.45) is -12.3. The molecule has 0 radical (unpaired) electrons. The van der Waals surface area contributed by atoms with Crippen LogP contribution in [0.2, 0.25) is 0 Å². The summed E-state index contributed by atoms with van der Waals surface area (Å²) in [4.78, 5) is 33.0. The summed E-state index contributed by atoms with van der Waals surface area (Å²) >= 11 is 0. The number of halogens is 4. The lowest BCUT2D eigenvalue weighted by Crippen LogP contribution is -2.64. The van der Waals surface area contributed by atoms with Crippen molar-refractivity contribution < 1.29 is 46.2 Å². The molecule has 0 saturated carbocycles. The number of alkyl halides is 4. The molecule has 0 spiro atoms. The highest BCUT2D eigenvalue weighted by Gasteiger charge is 2.51. The molecule has 0 aromatic rings. The zero-order valence-corrected chi connectivity index (χ0v) is 12.3. The van der Waals surface area contributed by atoms with Crippen LogP contribution in [0.1, 0.15) is 20.8 Å². The summed E-state index contributed by atoms with van der Waals surface area (Å²) in [5, 5.41) is 1.52. The van der Waals surface area contributed by atoms with Crippen molar-refractivity contribution in [3.63, 3.8) is 0 Å². The van der Waals surface area contributed by atoms with Gasteiger partial charge in [-0.05, 0) is 6.92 Å². The number of nitrogens with one attached hydrogen (secondary N) is 1. The van der Waals surface area contributed by atoms with Crippen LogP contribution in [-0.2, 0) is 28.6 Å². The maximum Gasteiger partial charge on any atom is 0.471 e. The molecule has 132 valence electrons. The van der Waals surface area contributed by atoms with E-state index in [1.807, 2.05) is 0 Å². The fraction of sp³-hybridized carbons (Fsp3) is 0.750. The number of hydrogen-bond acceptors (Lipinski definition) is 6. The van der Waals surface area contributed by atoms with Crippen molar-refractivity contribution in [3.05, 3.63) is 0 Å². The predicted molar refractivity (Wildman–Crippen MR) is 64.5 cm³/mol. The Bertz CT molecular complexity index is 483. The normalized spacial score (nSPS) is 31.2. The van der Waals surface area contributed by atoms with Gasteiger partial charge in [0, 0.05) is 13.8 Å². The van der Waals surface area contributed by atoms with Gasteiger partial charge in [0.25, 0.3) is 0 Å². The summed E-state index contributed by atoms with van der Waals surface area (Å²) in [7, 11) is 0. The van der Waals surface area contributed by atoms with Crippen molar-refractivity contribution in [3.8, 4) is 0 Å². The van der Waals surface area contributed by atoms with Crippen LogP contribution < -0.4 is 5.32 Å². The fourth-order valence-electron chi connectivity index (χ4n) is 2.01. The van der Waals surface area contributed by atoms with Gasteiger partial charge in [-0.25, -0.2) is 4.39 Å². The Labute approximate surface area is 128 Å². The van der Waals surface area contributed by atoms with Crippen LogP contribution in [0.25, 0.3) is 0 Å². The number of rotatable bonds is 3. The average molecular weight is 345 g/mol. The third-order valence-electron chi connectivity index (χ3n) is 2.92. The second kappa shape index (κ2) is 7.11. The highest BCUT2D eigenvalue weighted by atomic mass is 19.4. The third-order valence-corrected chi connectivity index (χ3v) is 2.92. The Morgan fingerprint density at radius 3 is 2.04 bits per heavy atom. The number of carbonyl (C=O) groups excluding carboxylic acids is 3. The Morgan fingerprint density at radius 1 is 1.09 bits per heavy atom. The summed E-state index contributed by atoms with van der Waals surface area (Å²) in [6, 6.07) is -1.62. The molecular weight excluding hydrogens is 330 g/mol. The molecule has 1 fully saturated rings. The van der Waals surface area contributed by atoms with E-state index >= 15 is 0 Å². The smallest absolute Gasteiger partial charge is 0.457 e. The lowest BCUT2D eigenvalue weighted by molar-refractivity contribution is -0.253. The van der Waals surface area contributed by atoms with E-state index in [1.54, 1.807) is 0 Å². The van der Waals surface area contributed by atoms with Crippen molar-refractivity contribution in [2.24, 2.45) is 0 Å². The molecule has 0 aromatic carbocycles. The first-order valence-corrected chi connectivity index (χ1v) is 6.45. The van der Waals surface area contributed by atoms with E-state index in [0.717, 1.165) is 13.8 Å². The van der Waals surface area contributed by atoms with Crippen LogP contribution >= 0.6 is 0 Å². The molecule has 7 nitrogen and oxygen atoms in total. The minimum atomic E-state index is -5.21.